The number of carboxylic acid groups (broad SMARTS) is 1. The Hall–Kier alpha value is -4.24. The van der Waals surface area contributed by atoms with Gasteiger partial charge in [0.05, 0.1) is 36.6 Å². The average molecular weight is 832 g/mol. The van der Waals surface area contributed by atoms with Crippen LogP contribution in [0.4, 0.5) is 4.79 Å². The number of carbonyl (C=O) groups is 6. The Morgan fingerprint density at radius 2 is 1.49 bits per heavy atom. The van der Waals surface area contributed by atoms with Gasteiger partial charge < -0.3 is 39.8 Å². The first-order chi connectivity index (χ1) is 27.5. The molecule has 0 aliphatic carbocycles. The summed E-state index contributed by atoms with van der Waals surface area (Å²) >= 11 is 0. The summed E-state index contributed by atoms with van der Waals surface area (Å²) < 4.78 is 17.4. The summed E-state index contributed by atoms with van der Waals surface area (Å²) in [6.07, 6.45) is -0.132. The van der Waals surface area contributed by atoms with Crippen molar-refractivity contribution in [2.75, 3.05) is 34.9 Å². The van der Waals surface area contributed by atoms with Crippen molar-refractivity contribution >= 4 is 35.7 Å². The molecule has 1 aromatic carbocycles. The molecule has 334 valence electrons. The van der Waals surface area contributed by atoms with Crippen LogP contribution in [0.25, 0.3) is 0 Å². The van der Waals surface area contributed by atoms with Crippen LogP contribution in [0.15, 0.2) is 30.3 Å². The van der Waals surface area contributed by atoms with E-state index >= 15 is 0 Å². The van der Waals surface area contributed by atoms with Crippen LogP contribution in [0.1, 0.15) is 100 Å². The van der Waals surface area contributed by atoms with E-state index in [0.29, 0.717) is 25.8 Å². The number of hydrogen-bond acceptors (Lipinski definition) is 9. The zero-order valence-electron chi connectivity index (χ0n) is 37.9. The molecule has 2 rings (SSSR count). The maximum Gasteiger partial charge on any atom is 0.410 e. The first-order valence-electron chi connectivity index (χ1n) is 21.0. The highest BCUT2D eigenvalue weighted by atomic mass is 16.6. The molecule has 1 aliphatic rings. The van der Waals surface area contributed by atoms with Crippen molar-refractivity contribution in [1.82, 2.24) is 25.3 Å². The number of likely N-dealkylation sites (tertiary alicyclic amines) is 1. The van der Waals surface area contributed by atoms with Crippen molar-refractivity contribution in [2.24, 2.45) is 23.7 Å². The van der Waals surface area contributed by atoms with Gasteiger partial charge in [-0.15, -0.1) is 0 Å². The van der Waals surface area contributed by atoms with E-state index in [0.717, 1.165) is 5.56 Å². The molecule has 15 nitrogen and oxygen atoms in total. The molecule has 15 heteroatoms. The van der Waals surface area contributed by atoms with Crippen LogP contribution in [0.2, 0.25) is 0 Å². The smallest absolute Gasteiger partial charge is 0.410 e. The van der Waals surface area contributed by atoms with Crippen LogP contribution in [0, 0.1) is 23.7 Å². The number of nitrogens with zero attached hydrogens (tertiary/aromatic N) is 3. The molecular weight excluding hydrogens is 759 g/mol. The van der Waals surface area contributed by atoms with Gasteiger partial charge in [-0.2, -0.15) is 0 Å². The topological polar surface area (TPSA) is 184 Å². The normalized spacial score (nSPS) is 18.5. The lowest BCUT2D eigenvalue weighted by Crippen LogP contribution is -2.60. The summed E-state index contributed by atoms with van der Waals surface area (Å²) in [5.41, 5.74) is 0.00542. The quantitative estimate of drug-likeness (QED) is 0.156. The van der Waals surface area contributed by atoms with Gasteiger partial charge in [-0.1, -0.05) is 85.2 Å². The fraction of sp³-hybridized carbons (Fsp3) is 0.727. The van der Waals surface area contributed by atoms with E-state index in [1.54, 1.807) is 56.7 Å². The van der Waals surface area contributed by atoms with Gasteiger partial charge in [-0.05, 0) is 56.9 Å². The summed E-state index contributed by atoms with van der Waals surface area (Å²) in [6, 6.07) is 5.02. The van der Waals surface area contributed by atoms with Gasteiger partial charge in [0.25, 0.3) is 0 Å². The molecule has 1 heterocycles. The molecule has 1 aliphatic heterocycles. The van der Waals surface area contributed by atoms with E-state index in [-0.39, 0.29) is 42.4 Å². The molecule has 0 spiro atoms. The van der Waals surface area contributed by atoms with Crippen molar-refractivity contribution in [1.29, 1.82) is 0 Å². The van der Waals surface area contributed by atoms with Crippen LogP contribution in [0.3, 0.4) is 0 Å². The van der Waals surface area contributed by atoms with Crippen molar-refractivity contribution in [3.05, 3.63) is 35.9 Å². The molecule has 1 aromatic rings. The first-order valence-corrected chi connectivity index (χ1v) is 21.0. The molecule has 3 N–H and O–H groups in total. The number of hydrogen-bond donors (Lipinski definition) is 3. The van der Waals surface area contributed by atoms with Gasteiger partial charge in [0.2, 0.25) is 23.6 Å². The van der Waals surface area contributed by atoms with E-state index in [1.807, 2.05) is 59.7 Å². The van der Waals surface area contributed by atoms with E-state index < -0.39 is 77.8 Å². The van der Waals surface area contributed by atoms with Gasteiger partial charge in [0.1, 0.15) is 23.7 Å². The second kappa shape index (κ2) is 22.9. The van der Waals surface area contributed by atoms with Crippen LogP contribution >= 0.6 is 0 Å². The molecule has 0 aromatic heterocycles. The van der Waals surface area contributed by atoms with Gasteiger partial charge in [0.15, 0.2) is 0 Å². The molecular formula is C44H73N5O10. The van der Waals surface area contributed by atoms with E-state index in [4.69, 9.17) is 14.2 Å². The number of rotatable bonds is 21. The number of likely N-dealkylation sites (N-methyl/N-ethyl adjacent to an activating group) is 2. The Morgan fingerprint density at radius 1 is 0.881 bits per heavy atom. The number of ether oxygens (including phenoxy) is 3. The minimum absolute atomic E-state index is 0.0659. The Labute approximate surface area is 352 Å². The van der Waals surface area contributed by atoms with Gasteiger partial charge >= 0.3 is 12.1 Å². The number of amides is 5. The van der Waals surface area contributed by atoms with Crippen molar-refractivity contribution in [3.63, 3.8) is 0 Å². The maximum atomic E-state index is 14.4. The number of carbonyl (C=O) groups excluding carboxylic acids is 5. The van der Waals surface area contributed by atoms with Gasteiger partial charge in [-0.25, -0.2) is 9.59 Å². The third-order valence-corrected chi connectivity index (χ3v) is 11.4. The predicted molar refractivity (Wildman–Crippen MR) is 225 cm³/mol. The first kappa shape index (κ1) is 50.9. The van der Waals surface area contributed by atoms with Crippen LogP contribution in [-0.4, -0.2) is 138 Å². The second-order valence-corrected chi connectivity index (χ2v) is 17.7. The molecule has 5 amide bonds. The lowest BCUT2D eigenvalue weighted by Gasteiger charge is -2.41. The number of methoxy groups -OCH3 is 2. The molecule has 1 unspecified atom stereocenters. The fourth-order valence-corrected chi connectivity index (χ4v) is 8.00. The molecule has 0 bridgehead atoms. The summed E-state index contributed by atoms with van der Waals surface area (Å²) in [6.45, 7) is 18.6. The highest BCUT2D eigenvalue weighted by molar-refractivity contribution is 5.92. The number of nitrogens with one attached hydrogen (secondary N) is 2. The van der Waals surface area contributed by atoms with Gasteiger partial charge in [-0.3, -0.25) is 24.1 Å². The Kier molecular flexibility index (Phi) is 19.8. The number of benzene rings is 1. The zero-order valence-corrected chi connectivity index (χ0v) is 37.9. The van der Waals surface area contributed by atoms with Crippen LogP contribution in [0.5, 0.6) is 0 Å². The number of carboxylic acids is 1. The predicted octanol–water partition coefficient (Wildman–Crippen LogP) is 4.75. The summed E-state index contributed by atoms with van der Waals surface area (Å²) in [7, 11) is 6.15. The molecule has 59 heavy (non-hydrogen) atoms. The Morgan fingerprint density at radius 3 is 1.98 bits per heavy atom. The minimum Gasteiger partial charge on any atom is -0.480 e. The van der Waals surface area contributed by atoms with E-state index in [9.17, 15) is 33.9 Å². The summed E-state index contributed by atoms with van der Waals surface area (Å²) in [5, 5.41) is 15.5. The lowest BCUT2D eigenvalue weighted by atomic mass is 9.89. The monoisotopic (exact) mass is 832 g/mol. The van der Waals surface area contributed by atoms with E-state index in [2.05, 4.69) is 10.6 Å². The molecule has 0 radical (unpaired) electrons. The molecule has 1 saturated heterocycles. The van der Waals surface area contributed by atoms with Crippen LogP contribution in [-0.2, 0) is 44.6 Å². The lowest BCUT2D eigenvalue weighted by molar-refractivity contribution is -0.148. The SMILES string of the molecule is CC[C@H](C)[C@@H](C(CC(=O)N1CCC[C@H]1[C@H](OC)[C@@H](C)C(=O)N[C@@H](Cc1ccccc1)C(=O)O)OC)N(C)C(=O)[C@@H](NC(=O)[C@H](C(C)C)N(C)C(=O)OC(C)(C)C)C(C)C. The van der Waals surface area contributed by atoms with Crippen molar-refractivity contribution < 1.29 is 48.1 Å². The third kappa shape index (κ3) is 14.2. The third-order valence-electron chi connectivity index (χ3n) is 11.4. The Balaban J connectivity index is 2.30. The summed E-state index contributed by atoms with van der Waals surface area (Å²) in [4.78, 5) is 85.7. The molecule has 0 saturated carbocycles. The summed E-state index contributed by atoms with van der Waals surface area (Å²) in [5.74, 6) is -4.24. The van der Waals surface area contributed by atoms with Crippen molar-refractivity contribution in [3.8, 4) is 0 Å². The van der Waals surface area contributed by atoms with Crippen molar-refractivity contribution in [2.45, 2.75) is 149 Å². The standard InChI is InChI=1S/C44H73N5O10/c1-15-28(6)37(47(11)41(53)35(26(2)3)46-40(52)36(27(4)5)48(12)43(56)59-44(8,9)10)33(57-13)25-34(50)49-23-19-22-32(49)38(58-14)29(7)39(51)45-31(42(54)55)24-30-20-17-16-18-21-30/h16-18,20-21,26-29,31-33,35-38H,15,19,22-25H2,1-14H3,(H,45,51)(H,46,52)(H,54,55)/t28-,29+,31-,32-,33?,35-,36-,37-,38+/m0/s1. The zero-order chi connectivity index (χ0) is 44.9. The average Bonchev–Trinajstić information content (AvgIpc) is 3.65. The second-order valence-electron chi connectivity index (χ2n) is 17.7. The molecule has 9 atom stereocenters. The largest absolute Gasteiger partial charge is 0.480 e. The minimum atomic E-state index is -1.15. The fourth-order valence-electron chi connectivity index (χ4n) is 8.00. The Bertz CT molecular complexity index is 1550. The van der Waals surface area contributed by atoms with Gasteiger partial charge in [0, 0.05) is 41.3 Å². The highest BCUT2D eigenvalue weighted by Crippen LogP contribution is 2.30. The highest BCUT2D eigenvalue weighted by Gasteiger charge is 2.44. The number of aliphatic carboxylic acids is 1. The maximum absolute atomic E-state index is 14.4. The van der Waals surface area contributed by atoms with Crippen LogP contribution < -0.4 is 10.6 Å². The molecule has 1 fully saturated rings. The van der Waals surface area contributed by atoms with E-state index in [1.165, 1.54) is 26.2 Å².